The molecular weight excluding hydrogens is 453 g/mol. The van der Waals surface area contributed by atoms with Gasteiger partial charge < -0.3 is 24.8 Å². The zero-order valence-electron chi connectivity index (χ0n) is 19.0. The van der Waals surface area contributed by atoms with E-state index in [1.54, 1.807) is 3.88 Å². The van der Waals surface area contributed by atoms with Crippen LogP contribution in [0.3, 0.4) is 0 Å². The molecule has 29 heavy (non-hydrogen) atoms. The van der Waals surface area contributed by atoms with E-state index in [2.05, 4.69) is 42.9 Å². The van der Waals surface area contributed by atoms with Crippen LogP contribution in [-0.4, -0.2) is 12.6 Å². The van der Waals surface area contributed by atoms with Gasteiger partial charge >= 0.3 is 176 Å². The molecule has 6 heteroatoms. The fourth-order valence-electron chi connectivity index (χ4n) is 4.65. The molecule has 2 rings (SSSR count). The molecule has 1 N–H and O–H groups in total. The van der Waals surface area contributed by atoms with Gasteiger partial charge in [0.05, 0.1) is 0 Å². The molecule has 0 bridgehead atoms. The summed E-state index contributed by atoms with van der Waals surface area (Å²) in [5.74, 6) is 1.25. The number of rotatable bonds is 5. The topological polar surface area (TPSA) is 29.1 Å². The van der Waals surface area contributed by atoms with E-state index >= 15 is 0 Å². The van der Waals surface area contributed by atoms with Crippen LogP contribution in [0.4, 0.5) is 0 Å². The molecule has 0 aromatic heterocycles. The number of carbonyl (C=O) groups is 1. The second-order valence-corrected chi connectivity index (χ2v) is 21.6. The number of nitrogens with one attached hydrogen (secondary N) is 1. The van der Waals surface area contributed by atoms with Gasteiger partial charge in [-0.1, -0.05) is 0 Å². The van der Waals surface area contributed by atoms with Crippen LogP contribution in [0.5, 0.6) is 0 Å². The van der Waals surface area contributed by atoms with Gasteiger partial charge in [0.1, 0.15) is 0 Å². The van der Waals surface area contributed by atoms with Crippen LogP contribution >= 0.6 is 0 Å². The molecule has 1 fully saturated rings. The second kappa shape index (κ2) is 16.1. The zero-order valence-corrected chi connectivity index (χ0v) is 23.3. The number of hydrogen-bond acceptors (Lipinski definition) is 1. The number of halogens is 2. The normalized spacial score (nSPS) is 21.6. The molecule has 0 saturated heterocycles. The van der Waals surface area contributed by atoms with Crippen LogP contribution in [0.2, 0.25) is 13.1 Å². The van der Waals surface area contributed by atoms with Crippen molar-refractivity contribution in [2.24, 2.45) is 11.8 Å². The van der Waals surface area contributed by atoms with Crippen LogP contribution in [0.25, 0.3) is 0 Å². The zero-order chi connectivity index (χ0) is 19.6. The number of hydrogen-bond donors (Lipinski definition) is 1. The molecule has 1 amide bonds. The summed E-state index contributed by atoms with van der Waals surface area (Å²) < 4.78 is 5.41. The minimum absolute atomic E-state index is 0. The van der Waals surface area contributed by atoms with Crippen LogP contribution in [0.15, 0.2) is 21.6 Å². The molecule has 0 heterocycles. The van der Waals surface area contributed by atoms with Gasteiger partial charge in [0.25, 0.3) is 0 Å². The fraction of sp³-hybridized carbons (Fsp3) is 0.783. The molecule has 1 atom stereocenters. The molecule has 0 aromatic rings. The van der Waals surface area contributed by atoms with E-state index < -0.39 is 24.0 Å². The SMILES string of the molecule is CCC1=[C]([Ti+2]([NH]C(=O)C2CCCCCCCCCCC2)[SiH](C)C)C(C)C=C1.[Cl-].[Cl-]. The summed E-state index contributed by atoms with van der Waals surface area (Å²) >= 11 is -1.66. The third kappa shape index (κ3) is 9.64. The summed E-state index contributed by atoms with van der Waals surface area (Å²) in [7, 11) is 0. The van der Waals surface area contributed by atoms with Gasteiger partial charge in [-0.05, 0) is 0 Å². The first-order valence-corrected chi connectivity index (χ1v) is 18.8. The second-order valence-electron chi connectivity index (χ2n) is 8.95. The van der Waals surface area contributed by atoms with Gasteiger partial charge in [-0.15, -0.1) is 0 Å². The van der Waals surface area contributed by atoms with E-state index in [9.17, 15) is 4.79 Å². The Kier molecular flexibility index (Phi) is 16.4. The minimum Gasteiger partial charge on any atom is -1.00 e. The van der Waals surface area contributed by atoms with Crippen molar-refractivity contribution in [1.82, 2.24) is 3.80 Å². The first-order chi connectivity index (χ1) is 13.0. The molecule has 0 aliphatic heterocycles. The van der Waals surface area contributed by atoms with Gasteiger partial charge in [-0.25, -0.2) is 0 Å². The standard InChI is InChI=1S/C13H25NO.C8H11.C2H7Si.2ClH.Ti/c14-13(15)12-10-8-6-4-2-1-3-5-7-9-11-12;1-3-8-5-4-7(2)6-8;1-3-2;;;/h12H,1-11H2,(H2,14,15);4-5,7H,3H2,1-2H3;3H,1-2H3;2*1H;/q;;;;;+3/p-3. The monoisotopic (exact) mass is 494 g/mol. The van der Waals surface area contributed by atoms with E-state index in [1.807, 2.05) is 0 Å². The number of allylic oxidation sites excluding steroid dienone is 4. The van der Waals surface area contributed by atoms with Gasteiger partial charge in [0, 0.05) is 0 Å². The molecular formula is C23H42Cl2NOSiTi. The average Bonchev–Trinajstić information content (AvgIpc) is 3.00. The van der Waals surface area contributed by atoms with E-state index in [-0.39, 0.29) is 30.7 Å². The Balaban J connectivity index is 0.00000392. The predicted molar refractivity (Wildman–Crippen MR) is 117 cm³/mol. The van der Waals surface area contributed by atoms with Crippen LogP contribution < -0.4 is 28.6 Å². The Morgan fingerprint density at radius 3 is 1.93 bits per heavy atom. The molecule has 2 nitrogen and oxygen atoms in total. The maximum Gasteiger partial charge on any atom is -1.00 e. The van der Waals surface area contributed by atoms with Crippen molar-refractivity contribution < 1.29 is 47.0 Å². The minimum atomic E-state index is -1.66. The molecule has 0 spiro atoms. The van der Waals surface area contributed by atoms with Gasteiger partial charge in [-0.3, -0.25) is 0 Å². The molecule has 1 saturated carbocycles. The van der Waals surface area contributed by atoms with E-state index in [0.29, 0.717) is 11.8 Å². The smallest absolute Gasteiger partial charge is 1.00 e. The number of amides is 1. The summed E-state index contributed by atoms with van der Waals surface area (Å²) in [4.78, 5) is 13.3. The van der Waals surface area contributed by atoms with Crippen molar-refractivity contribution in [2.45, 2.75) is 104 Å². The first-order valence-electron chi connectivity index (χ1n) is 11.6. The molecule has 167 valence electrons. The fourth-order valence-corrected chi connectivity index (χ4v) is 15.1. The first kappa shape index (κ1) is 29.5. The molecule has 2 aliphatic rings. The third-order valence-corrected chi connectivity index (χ3v) is 17.7. The molecule has 0 aromatic carbocycles. The van der Waals surface area contributed by atoms with Crippen molar-refractivity contribution in [1.29, 1.82) is 0 Å². The Morgan fingerprint density at radius 2 is 1.48 bits per heavy atom. The van der Waals surface area contributed by atoms with Gasteiger partial charge in [0.2, 0.25) is 0 Å². The molecule has 1 unspecified atom stereocenters. The van der Waals surface area contributed by atoms with Gasteiger partial charge in [-0.2, -0.15) is 0 Å². The summed E-state index contributed by atoms with van der Waals surface area (Å²) in [6.07, 6.45) is 20.1. The average molecular weight is 495 g/mol. The number of carbonyl (C=O) groups excluding carboxylic acids is 1. The van der Waals surface area contributed by atoms with Gasteiger partial charge in [0.15, 0.2) is 0 Å². The quantitative estimate of drug-likeness (QED) is 0.551. The van der Waals surface area contributed by atoms with E-state index in [0.717, 1.165) is 19.3 Å². The Bertz CT molecular complexity index is 527. The van der Waals surface area contributed by atoms with Crippen LogP contribution in [0, 0.1) is 11.8 Å². The summed E-state index contributed by atoms with van der Waals surface area (Å²) in [5, 5.41) is 0. The summed E-state index contributed by atoms with van der Waals surface area (Å²) in [6, 6.07) is 0. The summed E-state index contributed by atoms with van der Waals surface area (Å²) in [5.41, 5.74) is 1.54. The predicted octanol–water partition coefficient (Wildman–Crippen LogP) is 0.418. The van der Waals surface area contributed by atoms with Crippen molar-refractivity contribution in [2.75, 3.05) is 0 Å². The largest absolute Gasteiger partial charge is 1.00 e. The van der Waals surface area contributed by atoms with Crippen LogP contribution in [0.1, 0.15) is 90.9 Å². The Hall–Kier alpha value is 0.461. The molecule has 2 aliphatic carbocycles. The molecule has 0 radical (unpaired) electrons. The van der Waals surface area contributed by atoms with E-state index in [4.69, 9.17) is 0 Å². The summed E-state index contributed by atoms with van der Waals surface area (Å²) in [6.45, 7) is 8.67. The Labute approximate surface area is 199 Å². The van der Waals surface area contributed by atoms with Crippen molar-refractivity contribution in [3.63, 3.8) is 0 Å². The van der Waals surface area contributed by atoms with Crippen molar-refractivity contribution >= 4 is 12.6 Å². The van der Waals surface area contributed by atoms with Crippen molar-refractivity contribution in [3.05, 3.63) is 21.6 Å². The maximum atomic E-state index is 13.3. The van der Waals surface area contributed by atoms with Crippen molar-refractivity contribution in [3.8, 4) is 0 Å². The third-order valence-electron chi connectivity index (χ3n) is 6.37. The van der Waals surface area contributed by atoms with E-state index in [1.165, 1.54) is 63.4 Å². The van der Waals surface area contributed by atoms with Crippen LogP contribution in [-0.2, 0) is 22.2 Å². The maximum absolute atomic E-state index is 13.3. The Morgan fingerprint density at radius 1 is 1.00 bits per heavy atom.